The summed E-state index contributed by atoms with van der Waals surface area (Å²) in [4.78, 5) is 76.0. The van der Waals surface area contributed by atoms with Crippen LogP contribution in [0, 0.1) is 5.82 Å². The zero-order valence-corrected chi connectivity index (χ0v) is 37.7. The molecule has 1 saturated carbocycles. The van der Waals surface area contributed by atoms with Gasteiger partial charge in [-0.1, -0.05) is 20.3 Å². The third-order valence-electron chi connectivity index (χ3n) is 10.00. The van der Waals surface area contributed by atoms with E-state index in [1.165, 1.54) is 13.3 Å². The summed E-state index contributed by atoms with van der Waals surface area (Å²) in [5, 5.41) is 14.9. The molecule has 0 spiro atoms. The molecule has 4 amide bonds. The highest BCUT2D eigenvalue weighted by atomic mass is 19.1. The Morgan fingerprint density at radius 1 is 0.935 bits per heavy atom. The number of benzene rings is 1. The smallest absolute Gasteiger partial charge is 0.407 e. The fraction of sp³-hybridized carbons (Fsp3) is 0.636. The van der Waals surface area contributed by atoms with Crippen LogP contribution >= 0.6 is 0 Å². The third kappa shape index (κ3) is 14.6. The Kier molecular flexibility index (Phi) is 18.6. The average molecular weight is 877 g/mol. The van der Waals surface area contributed by atoms with Crippen molar-refractivity contribution < 1.29 is 52.1 Å². The molecule has 5 rings (SSSR count). The number of anilines is 1. The van der Waals surface area contributed by atoms with Crippen LogP contribution in [0.5, 0.6) is 5.75 Å². The first-order valence-corrected chi connectivity index (χ1v) is 21.4. The van der Waals surface area contributed by atoms with Crippen molar-refractivity contribution in [3.63, 3.8) is 0 Å². The topological polar surface area (TPSA) is 212 Å². The minimum Gasteiger partial charge on any atom is -0.492 e. The minimum atomic E-state index is -1.40. The average Bonchev–Trinajstić information content (AvgIpc) is 3.91. The molecule has 0 radical (unpaired) electrons. The van der Waals surface area contributed by atoms with Gasteiger partial charge >= 0.3 is 18.2 Å². The number of primary amides is 1. The Labute approximate surface area is 362 Å². The molecule has 1 aromatic carbocycles. The van der Waals surface area contributed by atoms with Crippen LogP contribution in [0.25, 0.3) is 10.9 Å². The Bertz CT molecular complexity index is 2020. The zero-order valence-electron chi connectivity index (χ0n) is 37.7. The van der Waals surface area contributed by atoms with Crippen LogP contribution < -0.4 is 31.4 Å². The number of alkyl carbamates (subject to hydrolysis) is 1. The van der Waals surface area contributed by atoms with Gasteiger partial charge in [-0.05, 0) is 105 Å². The Morgan fingerprint density at radius 3 is 2.16 bits per heavy atom. The van der Waals surface area contributed by atoms with Gasteiger partial charge in [0.25, 0.3) is 0 Å². The largest absolute Gasteiger partial charge is 0.492 e. The quantitative estimate of drug-likeness (QED) is 0.149. The Hall–Kier alpha value is -5.42. The molecule has 2 saturated heterocycles. The monoisotopic (exact) mass is 876 g/mol. The number of carbonyl (C=O) groups is 5. The highest BCUT2D eigenvalue weighted by Crippen LogP contribution is 2.44. The van der Waals surface area contributed by atoms with E-state index in [0.29, 0.717) is 75.7 Å². The van der Waals surface area contributed by atoms with Crippen LogP contribution in [0.1, 0.15) is 136 Å². The van der Waals surface area contributed by atoms with Gasteiger partial charge in [0.15, 0.2) is 11.6 Å². The number of nitrogens with zero attached hydrogens (tertiary/aromatic N) is 3. The number of aromatic nitrogens is 1. The van der Waals surface area contributed by atoms with Gasteiger partial charge in [-0.2, -0.15) is 0 Å². The van der Waals surface area contributed by atoms with E-state index in [1.807, 2.05) is 13.8 Å². The second-order valence-corrected chi connectivity index (χ2v) is 17.2. The van der Waals surface area contributed by atoms with E-state index in [0.717, 1.165) is 18.9 Å². The molecule has 5 N–H and O–H groups in total. The van der Waals surface area contributed by atoms with Crippen molar-refractivity contribution in [2.75, 3.05) is 44.7 Å². The number of nitrogens with one attached hydrogen (secondary N) is 2. The molecule has 346 valence electrons. The molecule has 0 unspecified atom stereocenters. The Morgan fingerprint density at radius 2 is 1.60 bits per heavy atom. The van der Waals surface area contributed by atoms with Crippen molar-refractivity contribution in [2.45, 2.75) is 143 Å². The molecule has 0 bridgehead atoms. The molecule has 62 heavy (non-hydrogen) atoms. The molecule has 1 aromatic heterocycles. The number of fused-ring (bicyclic) bond motifs is 1. The van der Waals surface area contributed by atoms with Crippen molar-refractivity contribution in [1.29, 1.82) is 0 Å². The van der Waals surface area contributed by atoms with E-state index in [4.69, 9.17) is 15.2 Å². The number of carboxylic acids is 1. The first-order valence-electron chi connectivity index (χ1n) is 21.4. The predicted octanol–water partition coefficient (Wildman–Crippen LogP) is 7.10. The molecular weight excluding hydrogens is 811 g/mol. The second-order valence-electron chi connectivity index (χ2n) is 17.2. The number of likely N-dealkylation sites (tertiary alicyclic amines) is 1. The summed E-state index contributed by atoms with van der Waals surface area (Å²) in [6, 6.07) is 0.286. The molecule has 1 aliphatic carbocycles. The first kappa shape index (κ1) is 50.9. The SMILES string of the molecule is CC.CC(C)(C)OC(N)=O.COc1c(N2CCC/C(=C(\F)CNC(=O)[C@@H]3CCCN3C(=O)CCCCCNC(=O)OC(C)(C)C)C2)c(F)cc2c(=O)c(C(=O)O)cn(C3CC3)c12. The van der Waals surface area contributed by atoms with Crippen LogP contribution in [0.4, 0.5) is 24.1 Å². The third-order valence-corrected chi connectivity index (χ3v) is 10.00. The lowest BCUT2D eigenvalue weighted by Crippen LogP contribution is -2.46. The number of halogens is 2. The molecular formula is C44H66F2N6O10. The molecule has 16 nitrogen and oxygen atoms in total. The molecule has 3 aliphatic rings. The van der Waals surface area contributed by atoms with Crippen molar-refractivity contribution in [2.24, 2.45) is 5.73 Å². The number of nitrogens with two attached hydrogens (primary N) is 1. The molecule has 1 atom stereocenters. The van der Waals surface area contributed by atoms with Gasteiger partial charge in [0.2, 0.25) is 17.2 Å². The summed E-state index contributed by atoms with van der Waals surface area (Å²) in [6.45, 7) is 15.5. The van der Waals surface area contributed by atoms with Crippen LogP contribution in [-0.4, -0.2) is 102 Å². The van der Waals surface area contributed by atoms with Crippen LogP contribution in [0.2, 0.25) is 0 Å². The normalized spacial score (nSPS) is 17.2. The highest BCUT2D eigenvalue weighted by molar-refractivity contribution is 5.97. The van der Waals surface area contributed by atoms with E-state index in [-0.39, 0.29) is 48.3 Å². The standard InChI is InChI=1S/C37H49F2N5O8.C5H11NO2.C2H6/c1-37(2,3)52-36(50)40-15-7-5-6-12-29(45)43-17-9-11-28(43)34(47)41-19-27(39)22-10-8-16-42(20-22)31-26(38)18-24-30(33(31)51-4)44(23-13-14-23)21-25(32(24)46)35(48)49;1-5(2,3)8-4(6)7;1-2/h18,21,23,28H,5-17,19-20H2,1-4H3,(H,40,50)(H,41,47)(H,48,49);1-3H3,(H2,6,7);1-2H3/b27-22+;;/t28-;;/m0../s1. The molecule has 3 fully saturated rings. The predicted molar refractivity (Wildman–Crippen MR) is 232 cm³/mol. The van der Waals surface area contributed by atoms with Crippen molar-refractivity contribution in [3.8, 4) is 5.75 Å². The van der Waals surface area contributed by atoms with Gasteiger partial charge in [-0.15, -0.1) is 0 Å². The number of ether oxygens (including phenoxy) is 3. The zero-order chi connectivity index (χ0) is 46.5. The molecule has 3 heterocycles. The number of unbranched alkanes of at least 4 members (excludes halogenated alkanes) is 2. The first-order chi connectivity index (χ1) is 29.1. The van der Waals surface area contributed by atoms with E-state index in [1.54, 1.807) is 55.9 Å². The van der Waals surface area contributed by atoms with Crippen LogP contribution in [0.3, 0.4) is 0 Å². The highest BCUT2D eigenvalue weighted by Gasteiger charge is 2.35. The number of amides is 4. The number of pyridine rings is 1. The van der Waals surface area contributed by atoms with Gasteiger partial charge in [0.1, 0.15) is 34.3 Å². The number of methoxy groups -OCH3 is 1. The van der Waals surface area contributed by atoms with Gasteiger partial charge in [0, 0.05) is 44.8 Å². The lowest BCUT2D eigenvalue weighted by molar-refractivity contribution is -0.138. The summed E-state index contributed by atoms with van der Waals surface area (Å²) < 4.78 is 48.6. The van der Waals surface area contributed by atoms with Crippen molar-refractivity contribution in [1.82, 2.24) is 20.1 Å². The second kappa shape index (κ2) is 22.6. The fourth-order valence-electron chi connectivity index (χ4n) is 7.28. The van der Waals surface area contributed by atoms with E-state index in [2.05, 4.69) is 15.4 Å². The summed E-state index contributed by atoms with van der Waals surface area (Å²) in [5.41, 5.74) is 3.16. The Balaban J connectivity index is 0.000000919. The fourth-order valence-corrected chi connectivity index (χ4v) is 7.28. The maximum absolute atomic E-state index is 15.8. The molecule has 2 aromatic rings. The lowest BCUT2D eigenvalue weighted by Gasteiger charge is -2.33. The van der Waals surface area contributed by atoms with Gasteiger partial charge < -0.3 is 50.1 Å². The molecule has 2 aliphatic heterocycles. The van der Waals surface area contributed by atoms with Crippen molar-refractivity contribution in [3.05, 3.63) is 45.3 Å². The van der Waals surface area contributed by atoms with E-state index < -0.39 is 63.9 Å². The number of carboxylic acid groups (broad SMARTS) is 1. The van der Waals surface area contributed by atoms with E-state index in [9.17, 15) is 33.9 Å². The summed E-state index contributed by atoms with van der Waals surface area (Å²) in [5.74, 6) is -3.23. The molecule has 18 heteroatoms. The summed E-state index contributed by atoms with van der Waals surface area (Å²) in [7, 11) is 1.35. The van der Waals surface area contributed by atoms with Crippen LogP contribution in [-0.2, 0) is 19.1 Å². The lowest BCUT2D eigenvalue weighted by atomic mass is 10.0. The summed E-state index contributed by atoms with van der Waals surface area (Å²) >= 11 is 0. The van der Waals surface area contributed by atoms with E-state index >= 15 is 8.78 Å². The van der Waals surface area contributed by atoms with Crippen molar-refractivity contribution >= 4 is 46.6 Å². The minimum absolute atomic E-state index is 0.0166. The number of carbonyl (C=O) groups excluding carboxylic acids is 4. The number of rotatable bonds is 13. The van der Waals surface area contributed by atoms with Gasteiger partial charge in [-0.25, -0.2) is 23.2 Å². The van der Waals surface area contributed by atoms with Crippen LogP contribution in [0.15, 0.2) is 28.5 Å². The maximum Gasteiger partial charge on any atom is 0.407 e. The number of piperidine rings is 1. The van der Waals surface area contributed by atoms with Gasteiger partial charge in [0.05, 0.1) is 24.6 Å². The number of hydrogen-bond donors (Lipinski definition) is 4. The summed E-state index contributed by atoms with van der Waals surface area (Å²) in [6.07, 6.45) is 5.88. The number of hydrogen-bond acceptors (Lipinski definition) is 10. The maximum atomic E-state index is 15.8. The van der Waals surface area contributed by atoms with Gasteiger partial charge in [-0.3, -0.25) is 14.4 Å². The number of aromatic carboxylic acids is 1.